The molecule has 0 radical (unpaired) electrons. The highest BCUT2D eigenvalue weighted by atomic mass is 79.9. The lowest BCUT2D eigenvalue weighted by Gasteiger charge is -2.08. The minimum Gasteiger partial charge on any atom is -0.398 e. The molecule has 0 atom stereocenters. The van der Waals surface area contributed by atoms with E-state index in [1.165, 1.54) is 11.8 Å². The van der Waals surface area contributed by atoms with E-state index in [9.17, 15) is 4.79 Å². The number of benzene rings is 2. The summed E-state index contributed by atoms with van der Waals surface area (Å²) in [6.07, 6.45) is 0. The van der Waals surface area contributed by atoms with Crippen molar-refractivity contribution in [2.24, 2.45) is 0 Å². The molecule has 3 nitrogen and oxygen atoms in total. The van der Waals surface area contributed by atoms with Gasteiger partial charge in [-0.2, -0.15) is 0 Å². The van der Waals surface area contributed by atoms with E-state index in [4.69, 9.17) is 17.3 Å². The van der Waals surface area contributed by atoms with Crippen LogP contribution in [0.2, 0.25) is 5.02 Å². The van der Waals surface area contributed by atoms with Crippen molar-refractivity contribution in [3.8, 4) is 0 Å². The maximum atomic E-state index is 11.9. The van der Waals surface area contributed by atoms with E-state index in [1.54, 1.807) is 18.2 Å². The van der Waals surface area contributed by atoms with Crippen molar-refractivity contribution in [3.63, 3.8) is 0 Å². The topological polar surface area (TPSA) is 55.1 Å². The fourth-order valence-corrected chi connectivity index (χ4v) is 2.95. The third kappa shape index (κ3) is 4.16. The molecule has 1 amide bonds. The van der Waals surface area contributed by atoms with E-state index in [1.807, 2.05) is 24.3 Å². The van der Waals surface area contributed by atoms with Gasteiger partial charge in [-0.25, -0.2) is 0 Å². The first-order valence-corrected chi connectivity index (χ1v) is 7.94. The van der Waals surface area contributed by atoms with Crippen LogP contribution in [0.15, 0.2) is 51.8 Å². The first-order chi connectivity index (χ1) is 9.56. The summed E-state index contributed by atoms with van der Waals surface area (Å²) >= 11 is 10.6. The van der Waals surface area contributed by atoms with Gasteiger partial charge in [-0.1, -0.05) is 23.7 Å². The lowest BCUT2D eigenvalue weighted by molar-refractivity contribution is -0.113. The third-order valence-corrected chi connectivity index (χ3v) is 4.48. The summed E-state index contributed by atoms with van der Waals surface area (Å²) in [5.41, 5.74) is 7.20. The molecule has 0 fully saturated rings. The Hall–Kier alpha value is -1.17. The first kappa shape index (κ1) is 15.2. The van der Waals surface area contributed by atoms with Gasteiger partial charge in [0.1, 0.15) is 0 Å². The normalized spacial score (nSPS) is 10.3. The van der Waals surface area contributed by atoms with Crippen LogP contribution in [0.5, 0.6) is 0 Å². The summed E-state index contributed by atoms with van der Waals surface area (Å²) in [7, 11) is 0. The van der Waals surface area contributed by atoms with Crippen LogP contribution in [-0.2, 0) is 4.79 Å². The predicted molar refractivity (Wildman–Crippen MR) is 89.4 cm³/mol. The highest BCUT2D eigenvalue weighted by Crippen LogP contribution is 2.28. The van der Waals surface area contributed by atoms with Crippen LogP contribution in [0.25, 0.3) is 0 Å². The van der Waals surface area contributed by atoms with Gasteiger partial charge in [0, 0.05) is 20.1 Å². The number of nitrogens with two attached hydrogens (primary N) is 1. The molecule has 0 spiro atoms. The molecular formula is C14H12BrClN2OS. The Kier molecular flexibility index (Phi) is 5.34. The summed E-state index contributed by atoms with van der Waals surface area (Å²) < 4.78 is 0.848. The summed E-state index contributed by atoms with van der Waals surface area (Å²) in [4.78, 5) is 12.7. The number of nitrogens with one attached hydrogen (secondary N) is 1. The van der Waals surface area contributed by atoms with E-state index in [-0.39, 0.29) is 11.7 Å². The molecule has 0 aliphatic rings. The molecule has 2 aromatic rings. The Balaban J connectivity index is 1.96. The molecule has 0 saturated heterocycles. The number of amides is 1. The van der Waals surface area contributed by atoms with Crippen molar-refractivity contribution in [2.75, 3.05) is 16.8 Å². The Morgan fingerprint density at radius 1 is 1.30 bits per heavy atom. The van der Waals surface area contributed by atoms with Gasteiger partial charge in [-0.3, -0.25) is 4.79 Å². The van der Waals surface area contributed by atoms with Crippen LogP contribution in [0.3, 0.4) is 0 Å². The van der Waals surface area contributed by atoms with Crippen LogP contribution in [0, 0.1) is 0 Å². The van der Waals surface area contributed by atoms with E-state index in [2.05, 4.69) is 21.2 Å². The van der Waals surface area contributed by atoms with E-state index in [0.29, 0.717) is 10.7 Å². The Morgan fingerprint density at radius 2 is 2.05 bits per heavy atom. The number of rotatable bonds is 4. The first-order valence-electron chi connectivity index (χ1n) is 5.78. The standard InChI is InChI=1S/C14H12BrClN2OS/c15-10-3-1-2-4-12(10)18-14(19)8-20-13-7-9(16)5-6-11(13)17/h1-7H,8,17H2,(H,18,19). The Labute approximate surface area is 135 Å². The molecule has 0 unspecified atom stereocenters. The second-order valence-electron chi connectivity index (χ2n) is 4.00. The minimum absolute atomic E-state index is 0.0960. The monoisotopic (exact) mass is 370 g/mol. The van der Waals surface area contributed by atoms with E-state index in [0.717, 1.165) is 15.1 Å². The highest BCUT2D eigenvalue weighted by Gasteiger charge is 2.08. The number of thioether (sulfide) groups is 1. The van der Waals surface area contributed by atoms with Crippen LogP contribution in [0.4, 0.5) is 11.4 Å². The smallest absolute Gasteiger partial charge is 0.234 e. The molecule has 0 aromatic heterocycles. The van der Waals surface area contributed by atoms with Gasteiger partial charge in [-0.05, 0) is 46.3 Å². The van der Waals surface area contributed by atoms with E-state index < -0.39 is 0 Å². The average Bonchev–Trinajstić information content (AvgIpc) is 2.42. The van der Waals surface area contributed by atoms with Crippen LogP contribution in [-0.4, -0.2) is 11.7 Å². The molecule has 0 heterocycles. The lowest BCUT2D eigenvalue weighted by atomic mass is 10.3. The molecule has 2 aromatic carbocycles. The van der Waals surface area contributed by atoms with Gasteiger partial charge >= 0.3 is 0 Å². The quantitative estimate of drug-likeness (QED) is 0.618. The van der Waals surface area contributed by atoms with Gasteiger partial charge in [0.05, 0.1) is 11.4 Å². The Bertz CT molecular complexity index is 636. The molecule has 0 aliphatic carbocycles. The summed E-state index contributed by atoms with van der Waals surface area (Å²) in [5, 5.41) is 3.44. The zero-order valence-corrected chi connectivity index (χ0v) is 13.6. The fraction of sp³-hybridized carbons (Fsp3) is 0.0714. The number of para-hydroxylation sites is 1. The summed E-state index contributed by atoms with van der Waals surface area (Å²) in [6.45, 7) is 0. The minimum atomic E-state index is -0.0960. The number of hydrogen-bond donors (Lipinski definition) is 2. The second kappa shape index (κ2) is 7.02. The SMILES string of the molecule is Nc1ccc(Cl)cc1SCC(=O)Nc1ccccc1Br. The molecule has 20 heavy (non-hydrogen) atoms. The number of carbonyl (C=O) groups is 1. The van der Waals surface area contributed by atoms with Crippen molar-refractivity contribution in [3.05, 3.63) is 52.0 Å². The molecule has 3 N–H and O–H groups in total. The van der Waals surface area contributed by atoms with Crippen molar-refractivity contribution in [2.45, 2.75) is 4.90 Å². The molecule has 0 saturated carbocycles. The van der Waals surface area contributed by atoms with Gasteiger partial charge < -0.3 is 11.1 Å². The highest BCUT2D eigenvalue weighted by molar-refractivity contribution is 9.10. The van der Waals surface area contributed by atoms with Crippen molar-refractivity contribution >= 4 is 56.6 Å². The van der Waals surface area contributed by atoms with Crippen LogP contribution >= 0.6 is 39.3 Å². The second-order valence-corrected chi connectivity index (χ2v) is 6.31. The van der Waals surface area contributed by atoms with Gasteiger partial charge in [-0.15, -0.1) is 11.8 Å². The fourth-order valence-electron chi connectivity index (χ4n) is 1.53. The molecule has 104 valence electrons. The van der Waals surface area contributed by atoms with Crippen LogP contribution in [0.1, 0.15) is 0 Å². The number of hydrogen-bond acceptors (Lipinski definition) is 3. The zero-order chi connectivity index (χ0) is 14.5. The number of anilines is 2. The maximum absolute atomic E-state index is 11.9. The number of halogens is 2. The predicted octanol–water partition coefficient (Wildman–Crippen LogP) is 4.42. The molecule has 2 rings (SSSR count). The molecular weight excluding hydrogens is 360 g/mol. The average molecular weight is 372 g/mol. The van der Waals surface area contributed by atoms with Crippen molar-refractivity contribution in [1.29, 1.82) is 0 Å². The number of nitrogen functional groups attached to an aromatic ring is 1. The third-order valence-electron chi connectivity index (χ3n) is 2.48. The van der Waals surface area contributed by atoms with Crippen molar-refractivity contribution < 1.29 is 4.79 Å². The van der Waals surface area contributed by atoms with E-state index >= 15 is 0 Å². The summed E-state index contributed by atoms with van der Waals surface area (Å²) in [5.74, 6) is 0.174. The van der Waals surface area contributed by atoms with Gasteiger partial charge in [0.25, 0.3) is 0 Å². The van der Waals surface area contributed by atoms with Gasteiger partial charge in [0.2, 0.25) is 5.91 Å². The maximum Gasteiger partial charge on any atom is 0.234 e. The van der Waals surface area contributed by atoms with Gasteiger partial charge in [0.15, 0.2) is 0 Å². The molecule has 0 bridgehead atoms. The van der Waals surface area contributed by atoms with Crippen molar-refractivity contribution in [1.82, 2.24) is 0 Å². The molecule has 6 heteroatoms. The lowest BCUT2D eigenvalue weighted by Crippen LogP contribution is -2.14. The largest absolute Gasteiger partial charge is 0.398 e. The van der Waals surface area contributed by atoms with Crippen LogP contribution < -0.4 is 11.1 Å². The molecule has 0 aliphatic heterocycles. The summed E-state index contributed by atoms with van der Waals surface area (Å²) in [6, 6.07) is 12.7. The zero-order valence-electron chi connectivity index (χ0n) is 10.4. The number of carbonyl (C=O) groups excluding carboxylic acids is 1. The Morgan fingerprint density at radius 3 is 2.80 bits per heavy atom.